The van der Waals surface area contributed by atoms with Crippen LogP contribution in [0.4, 0.5) is 0 Å². The third-order valence-corrected chi connectivity index (χ3v) is 5.13. The van der Waals surface area contributed by atoms with E-state index in [1.807, 2.05) is 31.2 Å². The Labute approximate surface area is 144 Å². The van der Waals surface area contributed by atoms with Gasteiger partial charge in [0, 0.05) is 18.2 Å². The van der Waals surface area contributed by atoms with Crippen LogP contribution < -0.4 is 10.1 Å². The SMILES string of the molecule is COc1ccc(C(C)(C)C)cc1C1(O)c2ccccc2CNC1C. The van der Waals surface area contributed by atoms with Crippen molar-refractivity contribution in [3.63, 3.8) is 0 Å². The van der Waals surface area contributed by atoms with Gasteiger partial charge in [-0.15, -0.1) is 0 Å². The smallest absolute Gasteiger partial charge is 0.133 e. The number of hydrogen-bond donors (Lipinski definition) is 2. The van der Waals surface area contributed by atoms with Gasteiger partial charge in [0.05, 0.1) is 7.11 Å². The summed E-state index contributed by atoms with van der Waals surface area (Å²) in [5, 5.41) is 15.3. The van der Waals surface area contributed by atoms with Crippen molar-refractivity contribution in [3.8, 4) is 5.75 Å². The molecule has 0 saturated carbocycles. The number of hydrogen-bond acceptors (Lipinski definition) is 3. The first-order valence-electron chi connectivity index (χ1n) is 8.51. The highest BCUT2D eigenvalue weighted by atomic mass is 16.5. The van der Waals surface area contributed by atoms with Crippen LogP contribution in [-0.4, -0.2) is 18.3 Å². The van der Waals surface area contributed by atoms with Crippen LogP contribution >= 0.6 is 0 Å². The van der Waals surface area contributed by atoms with E-state index < -0.39 is 5.60 Å². The lowest BCUT2D eigenvalue weighted by molar-refractivity contribution is 0.0318. The van der Waals surface area contributed by atoms with Crippen LogP contribution in [0, 0.1) is 0 Å². The van der Waals surface area contributed by atoms with E-state index >= 15 is 0 Å². The molecule has 2 N–H and O–H groups in total. The molecule has 2 atom stereocenters. The lowest BCUT2D eigenvalue weighted by Gasteiger charge is -2.42. The average Bonchev–Trinajstić information content (AvgIpc) is 2.57. The predicted octanol–water partition coefficient (Wildman–Crippen LogP) is 3.72. The van der Waals surface area contributed by atoms with E-state index in [0.717, 1.165) is 29.0 Å². The van der Waals surface area contributed by atoms with Crippen molar-refractivity contribution in [2.24, 2.45) is 0 Å². The Hall–Kier alpha value is -1.84. The molecule has 0 saturated heterocycles. The number of ether oxygens (including phenoxy) is 1. The molecular weight excluding hydrogens is 298 g/mol. The monoisotopic (exact) mass is 325 g/mol. The van der Waals surface area contributed by atoms with Gasteiger partial charge in [-0.2, -0.15) is 0 Å². The van der Waals surface area contributed by atoms with Gasteiger partial charge >= 0.3 is 0 Å². The molecule has 1 aliphatic heterocycles. The molecule has 1 heterocycles. The molecule has 0 aromatic heterocycles. The molecule has 2 unspecified atom stereocenters. The Morgan fingerprint density at radius 1 is 1.12 bits per heavy atom. The molecule has 3 nitrogen and oxygen atoms in total. The topological polar surface area (TPSA) is 41.5 Å². The summed E-state index contributed by atoms with van der Waals surface area (Å²) in [5.74, 6) is 0.718. The van der Waals surface area contributed by atoms with Crippen molar-refractivity contribution < 1.29 is 9.84 Å². The quantitative estimate of drug-likeness (QED) is 0.884. The average molecular weight is 325 g/mol. The maximum Gasteiger partial charge on any atom is 0.133 e. The van der Waals surface area contributed by atoms with E-state index in [9.17, 15) is 5.11 Å². The summed E-state index contributed by atoms with van der Waals surface area (Å²) in [6, 6.07) is 14.1. The van der Waals surface area contributed by atoms with Crippen LogP contribution in [0.25, 0.3) is 0 Å². The summed E-state index contributed by atoms with van der Waals surface area (Å²) in [5.41, 5.74) is 2.97. The van der Waals surface area contributed by atoms with Crippen molar-refractivity contribution >= 4 is 0 Å². The van der Waals surface area contributed by atoms with Gasteiger partial charge in [-0.25, -0.2) is 0 Å². The van der Waals surface area contributed by atoms with Crippen LogP contribution in [0.15, 0.2) is 42.5 Å². The summed E-state index contributed by atoms with van der Waals surface area (Å²) in [6.45, 7) is 9.33. The molecule has 24 heavy (non-hydrogen) atoms. The third-order valence-electron chi connectivity index (χ3n) is 5.13. The van der Waals surface area contributed by atoms with Crippen molar-refractivity contribution in [3.05, 3.63) is 64.7 Å². The summed E-state index contributed by atoms with van der Waals surface area (Å²) in [4.78, 5) is 0. The summed E-state index contributed by atoms with van der Waals surface area (Å²) in [7, 11) is 1.66. The highest BCUT2D eigenvalue weighted by molar-refractivity contribution is 5.52. The molecule has 2 aromatic carbocycles. The maximum atomic E-state index is 11.8. The van der Waals surface area contributed by atoms with Gasteiger partial charge in [0.1, 0.15) is 11.4 Å². The maximum absolute atomic E-state index is 11.8. The first-order chi connectivity index (χ1) is 11.3. The van der Waals surface area contributed by atoms with E-state index in [1.54, 1.807) is 7.11 Å². The Kier molecular flexibility index (Phi) is 4.18. The number of nitrogens with one attached hydrogen (secondary N) is 1. The fourth-order valence-corrected chi connectivity index (χ4v) is 3.54. The summed E-state index contributed by atoms with van der Waals surface area (Å²) >= 11 is 0. The van der Waals surface area contributed by atoms with Crippen molar-refractivity contribution in [1.29, 1.82) is 0 Å². The van der Waals surface area contributed by atoms with Gasteiger partial charge < -0.3 is 15.2 Å². The van der Waals surface area contributed by atoms with Crippen molar-refractivity contribution in [1.82, 2.24) is 5.32 Å². The zero-order valence-electron chi connectivity index (χ0n) is 15.2. The molecule has 0 amide bonds. The van der Waals surface area contributed by atoms with Gasteiger partial charge in [-0.3, -0.25) is 0 Å². The lowest BCUT2D eigenvalue weighted by Crippen LogP contribution is -2.51. The minimum Gasteiger partial charge on any atom is -0.496 e. The molecule has 3 heteroatoms. The van der Waals surface area contributed by atoms with E-state index in [0.29, 0.717) is 0 Å². The molecule has 0 radical (unpaired) electrons. The van der Waals surface area contributed by atoms with Crippen molar-refractivity contribution in [2.75, 3.05) is 7.11 Å². The number of methoxy groups -OCH3 is 1. The fourth-order valence-electron chi connectivity index (χ4n) is 3.54. The molecule has 3 rings (SSSR count). The third kappa shape index (κ3) is 2.62. The number of rotatable bonds is 2. The lowest BCUT2D eigenvalue weighted by atomic mass is 9.74. The second kappa shape index (κ2) is 5.91. The molecule has 2 aromatic rings. The van der Waals surface area contributed by atoms with Crippen LogP contribution in [0.2, 0.25) is 0 Å². The summed E-state index contributed by atoms with van der Waals surface area (Å²) in [6.07, 6.45) is 0. The number of aliphatic hydroxyl groups is 1. The van der Waals surface area contributed by atoms with Crippen LogP contribution in [-0.2, 0) is 17.6 Å². The van der Waals surface area contributed by atoms with Gasteiger partial charge in [0.2, 0.25) is 0 Å². The van der Waals surface area contributed by atoms with E-state index in [2.05, 4.69) is 44.3 Å². The molecular formula is C21H27NO2. The standard InChI is InChI=1S/C21H27NO2/c1-14-21(23,17-9-7-6-8-15(17)13-22-14)18-12-16(20(2,3)4)10-11-19(18)24-5/h6-12,14,22-23H,13H2,1-5H3. The van der Waals surface area contributed by atoms with Crippen LogP contribution in [0.3, 0.4) is 0 Å². The fraction of sp³-hybridized carbons (Fsp3) is 0.429. The normalized spacial score (nSPS) is 23.7. The zero-order chi connectivity index (χ0) is 17.5. The Balaban J connectivity index is 2.27. The Morgan fingerprint density at radius 2 is 1.83 bits per heavy atom. The van der Waals surface area contributed by atoms with Crippen LogP contribution in [0.1, 0.15) is 49.9 Å². The first-order valence-corrected chi connectivity index (χ1v) is 8.51. The van der Waals surface area contributed by atoms with Gasteiger partial charge in [0.25, 0.3) is 0 Å². The molecule has 0 aliphatic carbocycles. The van der Waals surface area contributed by atoms with E-state index in [1.165, 1.54) is 5.56 Å². The highest BCUT2D eigenvalue weighted by Crippen LogP contribution is 2.43. The first kappa shape index (κ1) is 17.0. The second-order valence-electron chi connectivity index (χ2n) is 7.69. The Bertz CT molecular complexity index is 748. The molecule has 0 spiro atoms. The number of fused-ring (bicyclic) bond motifs is 1. The summed E-state index contributed by atoms with van der Waals surface area (Å²) < 4.78 is 5.61. The molecule has 1 aliphatic rings. The zero-order valence-corrected chi connectivity index (χ0v) is 15.2. The Morgan fingerprint density at radius 3 is 2.50 bits per heavy atom. The molecule has 0 bridgehead atoms. The van der Waals surface area contributed by atoms with Gasteiger partial charge in [-0.1, -0.05) is 51.1 Å². The van der Waals surface area contributed by atoms with E-state index in [4.69, 9.17) is 4.74 Å². The van der Waals surface area contributed by atoms with Gasteiger partial charge in [-0.05, 0) is 41.2 Å². The minimum absolute atomic E-state index is 0.00222. The largest absolute Gasteiger partial charge is 0.496 e. The van der Waals surface area contributed by atoms with Crippen molar-refractivity contribution in [2.45, 2.75) is 51.3 Å². The molecule has 128 valence electrons. The predicted molar refractivity (Wildman–Crippen MR) is 97.4 cm³/mol. The van der Waals surface area contributed by atoms with Gasteiger partial charge in [0.15, 0.2) is 0 Å². The van der Waals surface area contributed by atoms with E-state index in [-0.39, 0.29) is 11.5 Å². The minimum atomic E-state index is -1.12. The molecule has 0 fully saturated rings. The number of benzene rings is 2. The highest BCUT2D eigenvalue weighted by Gasteiger charge is 2.44. The van der Waals surface area contributed by atoms with Crippen LogP contribution in [0.5, 0.6) is 5.75 Å². The second-order valence-corrected chi connectivity index (χ2v) is 7.69.